The molecule has 3 rings (SSSR count). The lowest BCUT2D eigenvalue weighted by Crippen LogP contribution is -1.94. The average molecular weight is 374 g/mol. The minimum Gasteiger partial charge on any atom is -0.333 e. The molecule has 0 saturated heterocycles. The number of halogens is 2. The van der Waals surface area contributed by atoms with Crippen LogP contribution >= 0.6 is 11.6 Å². The number of aryl methyl sites for hydroxylation is 1. The number of nitrogens with zero attached hydrogens (tertiary/aromatic N) is 3. The maximum Gasteiger partial charge on any atom is 0.273 e. The molecule has 0 radical (unpaired) electrons. The monoisotopic (exact) mass is 373 g/mol. The van der Waals surface area contributed by atoms with E-state index in [2.05, 4.69) is 10.1 Å². The molecule has 8 heteroatoms. The largest absolute Gasteiger partial charge is 0.333 e. The van der Waals surface area contributed by atoms with Gasteiger partial charge in [-0.3, -0.25) is 10.1 Å². The SMILES string of the molecule is CCc1ccc(/C=C(\Cl)c2nc(-c3ccc(F)cc3)no2)cc1[N+](=O)[O-]. The zero-order valence-electron chi connectivity index (χ0n) is 13.6. The van der Waals surface area contributed by atoms with Gasteiger partial charge in [-0.1, -0.05) is 35.8 Å². The van der Waals surface area contributed by atoms with Gasteiger partial charge in [0.1, 0.15) is 10.8 Å². The van der Waals surface area contributed by atoms with Crippen LogP contribution in [0.15, 0.2) is 47.0 Å². The van der Waals surface area contributed by atoms with Gasteiger partial charge in [0.15, 0.2) is 0 Å². The normalized spacial score (nSPS) is 11.6. The Labute approximate surface area is 153 Å². The molecule has 0 saturated carbocycles. The molecule has 0 bridgehead atoms. The van der Waals surface area contributed by atoms with Gasteiger partial charge in [0.2, 0.25) is 5.82 Å². The van der Waals surface area contributed by atoms with Crippen LogP contribution in [0.1, 0.15) is 23.9 Å². The lowest BCUT2D eigenvalue weighted by atomic mass is 10.1. The van der Waals surface area contributed by atoms with Crippen molar-refractivity contribution in [2.75, 3.05) is 0 Å². The molecular weight excluding hydrogens is 361 g/mol. The molecule has 6 nitrogen and oxygen atoms in total. The van der Waals surface area contributed by atoms with Crippen LogP contribution in [0, 0.1) is 15.9 Å². The summed E-state index contributed by atoms with van der Waals surface area (Å²) >= 11 is 6.21. The Bertz CT molecular complexity index is 984. The molecular formula is C18H13ClFN3O3. The average Bonchev–Trinajstić information content (AvgIpc) is 3.12. The van der Waals surface area contributed by atoms with Crippen molar-refractivity contribution in [3.63, 3.8) is 0 Å². The highest BCUT2D eigenvalue weighted by atomic mass is 35.5. The number of hydrogen-bond acceptors (Lipinski definition) is 5. The van der Waals surface area contributed by atoms with Crippen LogP contribution < -0.4 is 0 Å². The lowest BCUT2D eigenvalue weighted by Gasteiger charge is -2.01. The van der Waals surface area contributed by atoms with E-state index < -0.39 is 4.92 Å². The zero-order valence-corrected chi connectivity index (χ0v) is 14.4. The fraction of sp³-hybridized carbons (Fsp3) is 0.111. The van der Waals surface area contributed by atoms with Crippen molar-refractivity contribution in [3.8, 4) is 11.4 Å². The van der Waals surface area contributed by atoms with Crippen molar-refractivity contribution in [2.24, 2.45) is 0 Å². The topological polar surface area (TPSA) is 82.1 Å². The van der Waals surface area contributed by atoms with Gasteiger partial charge >= 0.3 is 0 Å². The van der Waals surface area contributed by atoms with E-state index >= 15 is 0 Å². The molecule has 0 unspecified atom stereocenters. The van der Waals surface area contributed by atoms with Crippen LogP contribution in [0.4, 0.5) is 10.1 Å². The Hall–Kier alpha value is -3.06. The maximum atomic E-state index is 13.0. The molecule has 1 heterocycles. The second kappa shape index (κ2) is 7.45. The third kappa shape index (κ3) is 3.78. The third-order valence-electron chi connectivity index (χ3n) is 3.71. The molecule has 0 N–H and O–H groups in total. The Balaban J connectivity index is 1.90. The lowest BCUT2D eigenvalue weighted by molar-refractivity contribution is -0.385. The number of rotatable bonds is 5. The van der Waals surface area contributed by atoms with Crippen molar-refractivity contribution in [1.82, 2.24) is 10.1 Å². The van der Waals surface area contributed by atoms with E-state index in [0.29, 0.717) is 23.1 Å². The van der Waals surface area contributed by atoms with Gasteiger partial charge in [-0.15, -0.1) is 0 Å². The van der Waals surface area contributed by atoms with Crippen molar-refractivity contribution in [2.45, 2.75) is 13.3 Å². The van der Waals surface area contributed by atoms with Crippen molar-refractivity contribution >= 4 is 28.4 Å². The molecule has 0 amide bonds. The molecule has 3 aromatic rings. The number of aromatic nitrogens is 2. The number of hydrogen-bond donors (Lipinski definition) is 0. The van der Waals surface area contributed by atoms with Gasteiger partial charge in [-0.25, -0.2) is 4.39 Å². The van der Waals surface area contributed by atoms with E-state index in [9.17, 15) is 14.5 Å². The fourth-order valence-electron chi connectivity index (χ4n) is 2.38. The second-order valence-corrected chi connectivity index (χ2v) is 5.83. The molecule has 0 spiro atoms. The van der Waals surface area contributed by atoms with Gasteiger partial charge < -0.3 is 4.52 Å². The molecule has 26 heavy (non-hydrogen) atoms. The molecule has 0 aliphatic carbocycles. The Morgan fingerprint density at radius 1 is 1.31 bits per heavy atom. The predicted molar refractivity (Wildman–Crippen MR) is 95.9 cm³/mol. The van der Waals surface area contributed by atoms with Crippen molar-refractivity contribution in [1.29, 1.82) is 0 Å². The maximum absolute atomic E-state index is 13.0. The highest BCUT2D eigenvalue weighted by Gasteiger charge is 2.15. The number of nitro benzene ring substituents is 1. The smallest absolute Gasteiger partial charge is 0.273 e. The quantitative estimate of drug-likeness (QED) is 0.460. The van der Waals surface area contributed by atoms with Crippen LogP contribution in [-0.4, -0.2) is 15.1 Å². The summed E-state index contributed by atoms with van der Waals surface area (Å²) in [6.45, 7) is 1.85. The van der Waals surface area contributed by atoms with E-state index in [1.165, 1.54) is 36.4 Å². The third-order valence-corrected chi connectivity index (χ3v) is 3.98. The van der Waals surface area contributed by atoms with Gasteiger partial charge in [0, 0.05) is 17.2 Å². The first-order valence-corrected chi connectivity index (χ1v) is 8.10. The number of nitro groups is 1. The Morgan fingerprint density at radius 3 is 2.69 bits per heavy atom. The highest BCUT2D eigenvalue weighted by molar-refractivity contribution is 6.50. The molecule has 1 aromatic heterocycles. The summed E-state index contributed by atoms with van der Waals surface area (Å²) in [5.41, 5.74) is 1.79. The van der Waals surface area contributed by atoms with E-state index in [4.69, 9.17) is 16.1 Å². The molecule has 0 atom stereocenters. The zero-order chi connectivity index (χ0) is 18.7. The minimum atomic E-state index is -0.427. The predicted octanol–water partition coefficient (Wildman–Crippen LogP) is 5.08. The van der Waals surface area contributed by atoms with Crippen molar-refractivity contribution in [3.05, 3.63) is 75.4 Å². The van der Waals surface area contributed by atoms with E-state index in [0.717, 1.165) is 0 Å². The fourth-order valence-corrected chi connectivity index (χ4v) is 2.59. The van der Waals surface area contributed by atoms with E-state index in [1.54, 1.807) is 12.1 Å². The first kappa shape index (κ1) is 17.8. The summed E-state index contributed by atoms with van der Waals surface area (Å²) in [5, 5.41) is 15.1. The summed E-state index contributed by atoms with van der Waals surface area (Å²) < 4.78 is 18.1. The first-order valence-electron chi connectivity index (χ1n) is 7.72. The van der Waals surface area contributed by atoms with Crippen LogP contribution in [-0.2, 0) is 6.42 Å². The molecule has 2 aromatic carbocycles. The molecule has 0 fully saturated rings. The van der Waals surface area contributed by atoms with E-state index in [1.807, 2.05) is 6.92 Å². The summed E-state index contributed by atoms with van der Waals surface area (Å²) in [4.78, 5) is 14.9. The second-order valence-electron chi connectivity index (χ2n) is 5.42. The van der Waals surface area contributed by atoms with Crippen molar-refractivity contribution < 1.29 is 13.8 Å². The standard InChI is InChI=1S/C18H13ClFN3O3/c1-2-12-4-3-11(10-16(12)23(24)25)9-15(19)18-21-17(22-26-18)13-5-7-14(20)8-6-13/h3-10H,2H2,1H3/b15-9-. The molecule has 0 aliphatic heterocycles. The van der Waals surface area contributed by atoms with E-state index in [-0.39, 0.29) is 28.3 Å². The number of benzene rings is 2. The molecule has 0 aliphatic rings. The van der Waals surface area contributed by atoms with Gasteiger partial charge in [0.05, 0.1) is 4.92 Å². The van der Waals surface area contributed by atoms with Crippen LogP contribution in [0.2, 0.25) is 0 Å². The van der Waals surface area contributed by atoms with Crippen LogP contribution in [0.25, 0.3) is 22.5 Å². The summed E-state index contributed by atoms with van der Waals surface area (Å²) in [7, 11) is 0. The van der Waals surface area contributed by atoms with Gasteiger partial charge in [-0.2, -0.15) is 4.98 Å². The highest BCUT2D eigenvalue weighted by Crippen LogP contribution is 2.27. The Morgan fingerprint density at radius 2 is 2.04 bits per heavy atom. The van der Waals surface area contributed by atoms with Gasteiger partial charge in [-0.05, 0) is 42.3 Å². The van der Waals surface area contributed by atoms with Crippen LogP contribution in [0.3, 0.4) is 0 Å². The van der Waals surface area contributed by atoms with Crippen LogP contribution in [0.5, 0.6) is 0 Å². The summed E-state index contributed by atoms with van der Waals surface area (Å²) in [6, 6.07) is 10.5. The summed E-state index contributed by atoms with van der Waals surface area (Å²) in [5.74, 6) is -0.0420. The molecule has 132 valence electrons. The first-order chi connectivity index (χ1) is 12.5. The minimum absolute atomic E-state index is 0.0308. The Kier molecular flexibility index (Phi) is 5.09. The van der Waals surface area contributed by atoms with Gasteiger partial charge in [0.25, 0.3) is 11.6 Å². The summed E-state index contributed by atoms with van der Waals surface area (Å²) in [6.07, 6.45) is 2.06.